The number of hydrogen-bond donors (Lipinski definition) is 2. The van der Waals surface area contributed by atoms with Gasteiger partial charge in [-0.05, 0) is 6.42 Å². The molecule has 2 heterocycles. The fraction of sp³-hybridized carbons (Fsp3) is 0.909. The number of amides is 1. The van der Waals surface area contributed by atoms with Crippen LogP contribution in [0, 0.1) is 11.3 Å². The molecule has 4 heteroatoms. The molecule has 2 rings (SSSR count). The van der Waals surface area contributed by atoms with Crippen LogP contribution in [0.2, 0.25) is 0 Å². The monoisotopic (exact) mass is 212 g/mol. The molecule has 2 saturated heterocycles. The van der Waals surface area contributed by atoms with Crippen LogP contribution in [0.4, 0.5) is 0 Å². The normalized spacial score (nSPS) is 34.9. The maximum absolute atomic E-state index is 11.3. The van der Waals surface area contributed by atoms with Gasteiger partial charge in [-0.25, -0.2) is 0 Å². The summed E-state index contributed by atoms with van der Waals surface area (Å²) < 4.78 is 5.49. The third-order valence-corrected chi connectivity index (χ3v) is 3.76. The van der Waals surface area contributed by atoms with Gasteiger partial charge in [-0.3, -0.25) is 4.79 Å². The highest BCUT2D eigenvalue weighted by atomic mass is 16.5. The molecule has 0 bridgehead atoms. The minimum absolute atomic E-state index is 0.154. The van der Waals surface area contributed by atoms with Gasteiger partial charge in [0.1, 0.15) is 0 Å². The molecule has 0 aliphatic carbocycles. The van der Waals surface area contributed by atoms with Crippen LogP contribution in [0.5, 0.6) is 0 Å². The SMILES string of the molecule is CCC(=O)NCC12CCOCC1CNC2. The standard InChI is InChI=1S/C11H20N2O2/c1-2-10(14)13-8-11-3-4-15-6-9(11)5-12-7-11/h9,12H,2-8H2,1H3,(H,13,14). The summed E-state index contributed by atoms with van der Waals surface area (Å²) in [5.74, 6) is 0.727. The molecule has 2 aliphatic rings. The van der Waals surface area contributed by atoms with E-state index in [0.29, 0.717) is 12.3 Å². The van der Waals surface area contributed by atoms with Crippen LogP contribution >= 0.6 is 0 Å². The Labute approximate surface area is 90.8 Å². The third-order valence-electron chi connectivity index (χ3n) is 3.76. The van der Waals surface area contributed by atoms with Gasteiger partial charge < -0.3 is 15.4 Å². The molecule has 1 amide bonds. The van der Waals surface area contributed by atoms with Crippen molar-refractivity contribution < 1.29 is 9.53 Å². The summed E-state index contributed by atoms with van der Waals surface area (Å²) in [6.45, 7) is 6.42. The molecule has 0 saturated carbocycles. The number of ether oxygens (including phenoxy) is 1. The molecule has 4 nitrogen and oxygen atoms in total. The van der Waals surface area contributed by atoms with Gasteiger partial charge in [0.25, 0.3) is 0 Å². The van der Waals surface area contributed by atoms with Crippen molar-refractivity contribution in [3.63, 3.8) is 0 Å². The topological polar surface area (TPSA) is 50.4 Å². The largest absolute Gasteiger partial charge is 0.381 e. The van der Waals surface area contributed by atoms with E-state index in [0.717, 1.165) is 39.3 Å². The summed E-state index contributed by atoms with van der Waals surface area (Å²) >= 11 is 0. The van der Waals surface area contributed by atoms with Crippen LogP contribution in [-0.4, -0.2) is 38.8 Å². The number of carbonyl (C=O) groups is 1. The van der Waals surface area contributed by atoms with E-state index in [1.165, 1.54) is 0 Å². The van der Waals surface area contributed by atoms with Crippen molar-refractivity contribution in [1.29, 1.82) is 0 Å². The Morgan fingerprint density at radius 2 is 2.53 bits per heavy atom. The summed E-state index contributed by atoms with van der Waals surface area (Å²) in [5, 5.41) is 6.45. The van der Waals surface area contributed by atoms with Crippen molar-refractivity contribution in [3.8, 4) is 0 Å². The molecular weight excluding hydrogens is 192 g/mol. The van der Waals surface area contributed by atoms with Crippen LogP contribution in [0.15, 0.2) is 0 Å². The molecule has 15 heavy (non-hydrogen) atoms. The highest BCUT2D eigenvalue weighted by Crippen LogP contribution is 2.37. The van der Waals surface area contributed by atoms with Gasteiger partial charge in [0.2, 0.25) is 5.91 Å². The summed E-state index contributed by atoms with van der Waals surface area (Å²) in [6, 6.07) is 0. The van der Waals surface area contributed by atoms with Gasteiger partial charge in [-0.15, -0.1) is 0 Å². The molecule has 2 aliphatic heterocycles. The van der Waals surface area contributed by atoms with Gasteiger partial charge in [0, 0.05) is 44.0 Å². The maximum atomic E-state index is 11.3. The molecular formula is C11H20N2O2. The molecule has 86 valence electrons. The van der Waals surface area contributed by atoms with Gasteiger partial charge in [-0.2, -0.15) is 0 Å². The van der Waals surface area contributed by atoms with Crippen molar-refractivity contribution in [2.24, 2.45) is 11.3 Å². The lowest BCUT2D eigenvalue weighted by atomic mass is 9.74. The molecule has 0 aromatic rings. The van der Waals surface area contributed by atoms with Crippen LogP contribution in [0.25, 0.3) is 0 Å². The summed E-state index contributed by atoms with van der Waals surface area (Å²) in [6.07, 6.45) is 1.64. The summed E-state index contributed by atoms with van der Waals surface area (Å²) in [4.78, 5) is 11.3. The van der Waals surface area contributed by atoms with Crippen molar-refractivity contribution in [2.75, 3.05) is 32.8 Å². The van der Waals surface area contributed by atoms with Gasteiger partial charge in [0.05, 0.1) is 6.61 Å². The fourth-order valence-electron chi connectivity index (χ4n) is 2.58. The Hall–Kier alpha value is -0.610. The fourth-order valence-corrected chi connectivity index (χ4v) is 2.58. The maximum Gasteiger partial charge on any atom is 0.219 e. The number of carbonyl (C=O) groups excluding carboxylic acids is 1. The Bertz CT molecular complexity index is 245. The predicted molar refractivity (Wildman–Crippen MR) is 57.5 cm³/mol. The second-order valence-electron chi connectivity index (χ2n) is 4.65. The average molecular weight is 212 g/mol. The molecule has 0 radical (unpaired) electrons. The van der Waals surface area contributed by atoms with E-state index in [1.54, 1.807) is 0 Å². The minimum Gasteiger partial charge on any atom is -0.381 e. The second kappa shape index (κ2) is 4.49. The predicted octanol–water partition coefficient (Wildman–Crippen LogP) is 0.139. The van der Waals surface area contributed by atoms with Gasteiger partial charge >= 0.3 is 0 Å². The molecule has 0 spiro atoms. The van der Waals surface area contributed by atoms with Crippen molar-refractivity contribution >= 4 is 5.91 Å². The quantitative estimate of drug-likeness (QED) is 0.699. The molecule has 2 fully saturated rings. The number of rotatable bonds is 3. The minimum atomic E-state index is 0.154. The number of nitrogens with one attached hydrogen (secondary N) is 2. The Balaban J connectivity index is 1.94. The highest BCUT2D eigenvalue weighted by Gasteiger charge is 2.44. The lowest BCUT2D eigenvalue weighted by Crippen LogP contribution is -2.47. The molecule has 0 aromatic heterocycles. The van der Waals surface area contributed by atoms with Crippen molar-refractivity contribution in [1.82, 2.24) is 10.6 Å². The number of fused-ring (bicyclic) bond motifs is 1. The first-order chi connectivity index (χ1) is 7.27. The van der Waals surface area contributed by atoms with E-state index < -0.39 is 0 Å². The molecule has 0 aromatic carbocycles. The van der Waals surface area contributed by atoms with E-state index >= 15 is 0 Å². The lowest BCUT2D eigenvalue weighted by Gasteiger charge is -2.38. The zero-order valence-electron chi connectivity index (χ0n) is 9.34. The summed E-state index contributed by atoms with van der Waals surface area (Å²) in [7, 11) is 0. The first-order valence-electron chi connectivity index (χ1n) is 5.82. The average Bonchev–Trinajstić information content (AvgIpc) is 2.69. The van der Waals surface area contributed by atoms with Crippen LogP contribution in [0.1, 0.15) is 19.8 Å². The van der Waals surface area contributed by atoms with E-state index in [-0.39, 0.29) is 11.3 Å². The second-order valence-corrected chi connectivity index (χ2v) is 4.65. The Morgan fingerprint density at radius 1 is 1.67 bits per heavy atom. The van der Waals surface area contributed by atoms with E-state index in [2.05, 4.69) is 10.6 Å². The van der Waals surface area contributed by atoms with Gasteiger partial charge in [-0.1, -0.05) is 6.92 Å². The Morgan fingerprint density at radius 3 is 3.33 bits per heavy atom. The molecule has 2 atom stereocenters. The summed E-state index contributed by atoms with van der Waals surface area (Å²) in [5.41, 5.74) is 0.253. The first-order valence-corrected chi connectivity index (χ1v) is 5.82. The van der Waals surface area contributed by atoms with Crippen LogP contribution < -0.4 is 10.6 Å². The molecule has 2 unspecified atom stereocenters. The van der Waals surface area contributed by atoms with Crippen LogP contribution in [-0.2, 0) is 9.53 Å². The van der Waals surface area contributed by atoms with Crippen molar-refractivity contribution in [2.45, 2.75) is 19.8 Å². The van der Waals surface area contributed by atoms with Crippen LogP contribution in [0.3, 0.4) is 0 Å². The lowest BCUT2D eigenvalue weighted by molar-refractivity contribution is -0.122. The molecule has 2 N–H and O–H groups in total. The zero-order chi connectivity index (χ0) is 10.7. The van der Waals surface area contributed by atoms with E-state index in [9.17, 15) is 4.79 Å². The van der Waals surface area contributed by atoms with Gasteiger partial charge in [0.15, 0.2) is 0 Å². The zero-order valence-corrected chi connectivity index (χ0v) is 9.34. The van der Waals surface area contributed by atoms with Crippen molar-refractivity contribution in [3.05, 3.63) is 0 Å². The third kappa shape index (κ3) is 2.16. The smallest absolute Gasteiger partial charge is 0.219 e. The highest BCUT2D eigenvalue weighted by molar-refractivity contribution is 5.75. The number of hydrogen-bond acceptors (Lipinski definition) is 3. The first kappa shape index (κ1) is 10.9. The van der Waals surface area contributed by atoms with E-state index in [4.69, 9.17) is 4.74 Å². The van der Waals surface area contributed by atoms with E-state index in [1.807, 2.05) is 6.92 Å². The Kier molecular flexibility index (Phi) is 3.26.